The summed E-state index contributed by atoms with van der Waals surface area (Å²) in [5, 5.41) is 3.19. The van der Waals surface area contributed by atoms with Crippen molar-refractivity contribution in [3.8, 4) is 11.5 Å². The molecule has 0 saturated heterocycles. The van der Waals surface area contributed by atoms with Crippen LogP contribution < -0.4 is 5.32 Å². The number of aromatic nitrogens is 3. The van der Waals surface area contributed by atoms with Gasteiger partial charge < -0.3 is 9.73 Å². The Bertz CT molecular complexity index is 884. The Labute approximate surface area is 133 Å². The minimum atomic E-state index is 0.529. The normalized spacial score (nSPS) is 10.8. The molecule has 2 heterocycles. The van der Waals surface area contributed by atoms with Crippen LogP contribution >= 0.6 is 0 Å². The predicted octanol–water partition coefficient (Wildman–Crippen LogP) is 3.90. The van der Waals surface area contributed by atoms with Crippen LogP contribution in [0.3, 0.4) is 0 Å². The van der Waals surface area contributed by atoms with Gasteiger partial charge in [0.15, 0.2) is 5.58 Å². The maximum Gasteiger partial charge on any atom is 0.230 e. The molecule has 0 radical (unpaired) electrons. The SMILES string of the molecule is c1ccc(CNc2ncc(-c3nc4ccccc4o3)cn2)cc1. The van der Waals surface area contributed by atoms with Gasteiger partial charge in [-0.1, -0.05) is 42.5 Å². The van der Waals surface area contributed by atoms with Gasteiger partial charge in [0, 0.05) is 18.9 Å². The Morgan fingerprint density at radius 3 is 2.39 bits per heavy atom. The lowest BCUT2D eigenvalue weighted by Gasteiger charge is -2.04. The number of nitrogens with zero attached hydrogens (tertiary/aromatic N) is 3. The molecule has 0 aliphatic heterocycles. The van der Waals surface area contributed by atoms with Gasteiger partial charge in [0.2, 0.25) is 11.8 Å². The van der Waals surface area contributed by atoms with E-state index in [1.165, 1.54) is 5.56 Å². The summed E-state index contributed by atoms with van der Waals surface area (Å²) in [7, 11) is 0. The van der Waals surface area contributed by atoms with Crippen molar-refractivity contribution in [3.63, 3.8) is 0 Å². The third-order valence-corrected chi connectivity index (χ3v) is 3.49. The van der Waals surface area contributed by atoms with Crippen LogP contribution in [0.5, 0.6) is 0 Å². The molecule has 0 saturated carbocycles. The summed E-state index contributed by atoms with van der Waals surface area (Å²) in [6.07, 6.45) is 3.43. The Balaban J connectivity index is 1.51. The molecule has 0 bridgehead atoms. The Morgan fingerprint density at radius 1 is 0.870 bits per heavy atom. The van der Waals surface area contributed by atoms with Gasteiger partial charge in [-0.3, -0.25) is 0 Å². The Hall–Kier alpha value is -3.21. The fraction of sp³-hybridized carbons (Fsp3) is 0.0556. The lowest BCUT2D eigenvalue weighted by molar-refractivity contribution is 0.619. The van der Waals surface area contributed by atoms with E-state index >= 15 is 0 Å². The molecule has 2 aromatic carbocycles. The second-order valence-electron chi connectivity index (χ2n) is 5.12. The van der Waals surface area contributed by atoms with Crippen molar-refractivity contribution in [2.24, 2.45) is 0 Å². The van der Waals surface area contributed by atoms with Crippen LogP contribution in [0.4, 0.5) is 5.95 Å². The van der Waals surface area contributed by atoms with Crippen LogP contribution in [0.1, 0.15) is 5.56 Å². The van der Waals surface area contributed by atoms with Crippen LogP contribution in [0.2, 0.25) is 0 Å². The molecular formula is C18H14N4O. The summed E-state index contributed by atoms with van der Waals surface area (Å²) in [5.74, 6) is 1.11. The third-order valence-electron chi connectivity index (χ3n) is 3.49. The van der Waals surface area contributed by atoms with Crippen LogP contribution in [0, 0.1) is 0 Å². The first kappa shape index (κ1) is 13.5. The molecule has 0 spiro atoms. The molecule has 112 valence electrons. The summed E-state index contributed by atoms with van der Waals surface area (Å²) in [6.45, 7) is 0.684. The first-order chi connectivity index (χ1) is 11.4. The lowest BCUT2D eigenvalue weighted by atomic mass is 10.2. The minimum Gasteiger partial charge on any atom is -0.436 e. The number of nitrogens with one attached hydrogen (secondary N) is 1. The molecule has 1 N–H and O–H groups in total. The minimum absolute atomic E-state index is 0.529. The van der Waals surface area contributed by atoms with Gasteiger partial charge in [-0.25, -0.2) is 15.0 Å². The van der Waals surface area contributed by atoms with E-state index in [-0.39, 0.29) is 0 Å². The van der Waals surface area contributed by atoms with Crippen LogP contribution in [0.25, 0.3) is 22.6 Å². The highest BCUT2D eigenvalue weighted by molar-refractivity contribution is 5.75. The van der Waals surface area contributed by atoms with Crippen molar-refractivity contribution in [1.29, 1.82) is 0 Å². The first-order valence-electron chi connectivity index (χ1n) is 7.34. The van der Waals surface area contributed by atoms with Crippen molar-refractivity contribution in [2.75, 3.05) is 5.32 Å². The van der Waals surface area contributed by atoms with Crippen LogP contribution in [0.15, 0.2) is 71.4 Å². The van der Waals surface area contributed by atoms with Crippen molar-refractivity contribution in [2.45, 2.75) is 6.54 Å². The lowest BCUT2D eigenvalue weighted by Crippen LogP contribution is -2.03. The van der Waals surface area contributed by atoms with Gasteiger partial charge in [0.05, 0.1) is 5.56 Å². The maximum absolute atomic E-state index is 5.71. The third kappa shape index (κ3) is 2.89. The number of oxazole rings is 1. The molecular weight excluding hydrogens is 288 g/mol. The molecule has 0 aliphatic rings. The van der Waals surface area contributed by atoms with Crippen LogP contribution in [-0.2, 0) is 6.54 Å². The van der Waals surface area contributed by atoms with Gasteiger partial charge in [-0.05, 0) is 17.7 Å². The highest BCUT2D eigenvalue weighted by Gasteiger charge is 2.08. The molecule has 0 amide bonds. The van der Waals surface area contributed by atoms with E-state index in [1.807, 2.05) is 42.5 Å². The van der Waals surface area contributed by atoms with E-state index in [1.54, 1.807) is 12.4 Å². The van der Waals surface area contributed by atoms with Gasteiger partial charge in [-0.2, -0.15) is 0 Å². The Morgan fingerprint density at radius 2 is 1.61 bits per heavy atom. The molecule has 4 aromatic rings. The smallest absolute Gasteiger partial charge is 0.230 e. The number of hydrogen-bond acceptors (Lipinski definition) is 5. The molecule has 2 aromatic heterocycles. The summed E-state index contributed by atoms with van der Waals surface area (Å²) in [4.78, 5) is 13.1. The van der Waals surface area contributed by atoms with Gasteiger partial charge in [-0.15, -0.1) is 0 Å². The molecule has 0 unspecified atom stereocenters. The molecule has 5 nitrogen and oxygen atoms in total. The summed E-state index contributed by atoms with van der Waals surface area (Å²) in [6, 6.07) is 17.8. The zero-order chi connectivity index (χ0) is 15.5. The molecule has 0 fully saturated rings. The Kier molecular flexibility index (Phi) is 3.44. The number of benzene rings is 2. The number of rotatable bonds is 4. The predicted molar refractivity (Wildman–Crippen MR) is 88.8 cm³/mol. The highest BCUT2D eigenvalue weighted by Crippen LogP contribution is 2.23. The fourth-order valence-corrected chi connectivity index (χ4v) is 2.30. The molecule has 0 atom stereocenters. The average Bonchev–Trinajstić information content (AvgIpc) is 3.05. The van der Waals surface area contributed by atoms with E-state index in [0.717, 1.165) is 16.7 Å². The topological polar surface area (TPSA) is 63.8 Å². The van der Waals surface area contributed by atoms with Crippen molar-refractivity contribution in [1.82, 2.24) is 15.0 Å². The van der Waals surface area contributed by atoms with E-state index in [0.29, 0.717) is 18.4 Å². The second kappa shape index (κ2) is 5.88. The monoisotopic (exact) mass is 302 g/mol. The van der Waals surface area contributed by atoms with E-state index in [9.17, 15) is 0 Å². The molecule has 23 heavy (non-hydrogen) atoms. The average molecular weight is 302 g/mol. The van der Waals surface area contributed by atoms with Crippen molar-refractivity contribution in [3.05, 3.63) is 72.6 Å². The second-order valence-corrected chi connectivity index (χ2v) is 5.12. The van der Waals surface area contributed by atoms with Gasteiger partial charge >= 0.3 is 0 Å². The maximum atomic E-state index is 5.71. The van der Waals surface area contributed by atoms with Gasteiger partial charge in [0.1, 0.15) is 5.52 Å². The van der Waals surface area contributed by atoms with E-state index in [4.69, 9.17) is 4.42 Å². The largest absolute Gasteiger partial charge is 0.436 e. The zero-order valence-corrected chi connectivity index (χ0v) is 12.3. The molecule has 5 heteroatoms. The van der Waals surface area contributed by atoms with Crippen molar-refractivity contribution >= 4 is 17.0 Å². The fourth-order valence-electron chi connectivity index (χ4n) is 2.30. The van der Waals surface area contributed by atoms with E-state index in [2.05, 4.69) is 32.4 Å². The van der Waals surface area contributed by atoms with E-state index < -0.39 is 0 Å². The highest BCUT2D eigenvalue weighted by atomic mass is 16.3. The van der Waals surface area contributed by atoms with Crippen molar-refractivity contribution < 1.29 is 4.42 Å². The summed E-state index contributed by atoms with van der Waals surface area (Å²) in [5.41, 5.74) is 3.52. The molecule has 0 aliphatic carbocycles. The van der Waals surface area contributed by atoms with Crippen LogP contribution in [-0.4, -0.2) is 15.0 Å². The number of para-hydroxylation sites is 2. The standard InChI is InChI=1S/C18H14N4O/c1-2-6-13(7-3-1)10-19-18-20-11-14(12-21-18)17-22-15-8-4-5-9-16(15)23-17/h1-9,11-12H,10H2,(H,19,20,21). The summed E-state index contributed by atoms with van der Waals surface area (Å²) >= 11 is 0. The number of hydrogen-bond donors (Lipinski definition) is 1. The molecule has 4 rings (SSSR count). The van der Waals surface area contributed by atoms with Gasteiger partial charge in [0.25, 0.3) is 0 Å². The summed E-state index contributed by atoms with van der Waals surface area (Å²) < 4.78 is 5.71. The zero-order valence-electron chi connectivity index (χ0n) is 12.3. The first-order valence-corrected chi connectivity index (χ1v) is 7.34. The number of fused-ring (bicyclic) bond motifs is 1. The number of anilines is 1. The quantitative estimate of drug-likeness (QED) is 0.619.